The van der Waals surface area contributed by atoms with Gasteiger partial charge in [-0.15, -0.1) is 0 Å². The summed E-state index contributed by atoms with van der Waals surface area (Å²) in [6.45, 7) is 0.365. The van der Waals surface area contributed by atoms with Crippen LogP contribution in [0.5, 0.6) is 17.2 Å². The van der Waals surface area contributed by atoms with Crippen LogP contribution >= 0.6 is 0 Å². The molecule has 0 saturated carbocycles. The third-order valence-corrected chi connectivity index (χ3v) is 5.61. The Morgan fingerprint density at radius 2 is 1.60 bits per heavy atom. The molecule has 1 amide bonds. The summed E-state index contributed by atoms with van der Waals surface area (Å²) in [4.78, 5) is 27.5. The van der Waals surface area contributed by atoms with Crippen LogP contribution in [0.4, 0.5) is 0 Å². The van der Waals surface area contributed by atoms with Crippen molar-refractivity contribution < 1.29 is 33.3 Å². The highest BCUT2D eigenvalue weighted by Crippen LogP contribution is 2.46. The van der Waals surface area contributed by atoms with Crippen molar-refractivity contribution in [2.75, 3.05) is 49.1 Å². The third-order valence-electron chi connectivity index (χ3n) is 5.61. The Labute approximate surface area is 175 Å². The van der Waals surface area contributed by atoms with Gasteiger partial charge in [0.15, 0.2) is 0 Å². The number of carbonyl (C=O) groups excluding carboxylic acids is 2. The summed E-state index contributed by atoms with van der Waals surface area (Å²) in [6.07, 6.45) is -1.12. The van der Waals surface area contributed by atoms with Crippen LogP contribution in [0.1, 0.15) is 11.5 Å². The normalized spacial score (nSPS) is 18.9. The lowest BCUT2D eigenvalue weighted by molar-refractivity contribution is -0.163. The number of Topliss-reactive ketones (excluding diaryl/α,β-unsaturated/α-hetero) is 1. The highest BCUT2D eigenvalue weighted by atomic mass is 16.7. The molecule has 2 aromatic carbocycles. The topological polar surface area (TPSA) is 83.5 Å². The van der Waals surface area contributed by atoms with Crippen molar-refractivity contribution in [3.8, 4) is 17.2 Å². The first-order chi connectivity index (χ1) is 14.4. The second-order valence-electron chi connectivity index (χ2n) is 7.09. The molecular formula is C22H27NO7. The van der Waals surface area contributed by atoms with Crippen molar-refractivity contribution in [3.63, 3.8) is 0 Å². The maximum atomic E-state index is 13.1. The molecule has 0 radical (unpaired) electrons. The lowest BCUT2D eigenvalue weighted by Crippen LogP contribution is -2.37. The zero-order valence-corrected chi connectivity index (χ0v) is 18.1. The van der Waals surface area contributed by atoms with Crippen molar-refractivity contribution in [3.05, 3.63) is 29.8 Å². The number of ketones is 1. The quantitative estimate of drug-likeness (QED) is 0.481. The molecule has 0 aliphatic carbocycles. The molecular weight excluding hydrogens is 390 g/mol. The maximum Gasteiger partial charge on any atom is 0.233 e. The van der Waals surface area contributed by atoms with E-state index in [0.717, 1.165) is 16.3 Å². The predicted octanol–water partition coefficient (Wildman–Crippen LogP) is 2.23. The summed E-state index contributed by atoms with van der Waals surface area (Å²) in [5, 5.41) is 1.53. The second-order valence-corrected chi connectivity index (χ2v) is 7.09. The SMILES string of the molecule is COc1ccc(OC)c2c(OC)c(C3CN(C)C(=O)C3C(=O)C(OC)OC)ccc12. The summed E-state index contributed by atoms with van der Waals surface area (Å²) < 4.78 is 27.1. The minimum Gasteiger partial charge on any atom is -0.496 e. The van der Waals surface area contributed by atoms with Gasteiger partial charge in [-0.25, -0.2) is 0 Å². The lowest BCUT2D eigenvalue weighted by atomic mass is 9.83. The van der Waals surface area contributed by atoms with Gasteiger partial charge in [0.2, 0.25) is 18.0 Å². The Kier molecular flexibility index (Phi) is 6.48. The number of likely N-dealkylation sites (tertiary alicyclic amines) is 1. The van der Waals surface area contributed by atoms with Crippen LogP contribution in [0.3, 0.4) is 0 Å². The van der Waals surface area contributed by atoms with Gasteiger partial charge in [-0.2, -0.15) is 0 Å². The van der Waals surface area contributed by atoms with Gasteiger partial charge >= 0.3 is 0 Å². The molecule has 1 fully saturated rings. The van der Waals surface area contributed by atoms with E-state index >= 15 is 0 Å². The van der Waals surface area contributed by atoms with E-state index in [4.69, 9.17) is 23.7 Å². The predicted molar refractivity (Wildman–Crippen MR) is 110 cm³/mol. The van der Waals surface area contributed by atoms with E-state index < -0.39 is 23.9 Å². The second kappa shape index (κ2) is 8.89. The van der Waals surface area contributed by atoms with Crippen LogP contribution in [-0.4, -0.2) is 72.0 Å². The lowest BCUT2D eigenvalue weighted by Gasteiger charge is -2.23. The van der Waals surface area contributed by atoms with Crippen molar-refractivity contribution in [2.45, 2.75) is 12.2 Å². The fraction of sp³-hybridized carbons (Fsp3) is 0.455. The molecule has 8 heteroatoms. The summed E-state index contributed by atoms with van der Waals surface area (Å²) in [7, 11) is 9.15. The highest BCUT2D eigenvalue weighted by Gasteiger charge is 2.47. The fourth-order valence-electron chi connectivity index (χ4n) is 4.21. The fourth-order valence-corrected chi connectivity index (χ4v) is 4.21. The number of likely N-dealkylation sites (N-methyl/N-ethyl adjacent to an activating group) is 1. The Morgan fingerprint density at radius 3 is 2.17 bits per heavy atom. The number of carbonyl (C=O) groups is 2. The highest BCUT2D eigenvalue weighted by molar-refractivity contribution is 6.06. The first-order valence-corrected chi connectivity index (χ1v) is 9.49. The molecule has 1 aliphatic rings. The zero-order valence-electron chi connectivity index (χ0n) is 18.1. The van der Waals surface area contributed by atoms with Crippen LogP contribution < -0.4 is 14.2 Å². The van der Waals surface area contributed by atoms with Crippen LogP contribution in [0.15, 0.2) is 24.3 Å². The molecule has 0 bridgehead atoms. The summed E-state index contributed by atoms with van der Waals surface area (Å²) >= 11 is 0. The van der Waals surface area contributed by atoms with Crippen LogP contribution in [0.2, 0.25) is 0 Å². The summed E-state index contributed by atoms with van der Waals surface area (Å²) in [6, 6.07) is 7.38. The smallest absolute Gasteiger partial charge is 0.233 e. The van der Waals surface area contributed by atoms with Crippen LogP contribution in [-0.2, 0) is 19.1 Å². The van der Waals surface area contributed by atoms with E-state index in [2.05, 4.69) is 0 Å². The van der Waals surface area contributed by atoms with E-state index in [9.17, 15) is 9.59 Å². The molecule has 3 rings (SSSR count). The number of benzene rings is 2. The monoisotopic (exact) mass is 417 g/mol. The first-order valence-electron chi connectivity index (χ1n) is 9.49. The molecule has 0 N–H and O–H groups in total. The molecule has 0 aromatic heterocycles. The van der Waals surface area contributed by atoms with E-state index in [-0.39, 0.29) is 5.91 Å². The minimum atomic E-state index is -1.12. The number of ether oxygens (including phenoxy) is 5. The number of nitrogens with zero attached hydrogens (tertiary/aromatic N) is 1. The number of amides is 1. The Balaban J connectivity index is 2.21. The number of rotatable bonds is 8. The molecule has 8 nitrogen and oxygen atoms in total. The Bertz CT molecular complexity index is 954. The van der Waals surface area contributed by atoms with Gasteiger partial charge in [-0.3, -0.25) is 9.59 Å². The summed E-state index contributed by atoms with van der Waals surface area (Å²) in [5.74, 6) is -0.247. The van der Waals surface area contributed by atoms with Crippen molar-refractivity contribution in [2.24, 2.45) is 5.92 Å². The van der Waals surface area contributed by atoms with Crippen LogP contribution in [0, 0.1) is 5.92 Å². The molecule has 30 heavy (non-hydrogen) atoms. The van der Waals surface area contributed by atoms with Gasteiger partial charge in [0.05, 0.1) is 26.7 Å². The minimum absolute atomic E-state index is 0.274. The number of hydrogen-bond acceptors (Lipinski definition) is 7. The average molecular weight is 417 g/mol. The Morgan fingerprint density at radius 1 is 0.967 bits per heavy atom. The number of fused-ring (bicyclic) bond motifs is 1. The van der Waals surface area contributed by atoms with Crippen molar-refractivity contribution in [1.29, 1.82) is 0 Å². The van der Waals surface area contributed by atoms with Gasteiger partial charge in [0.1, 0.15) is 23.2 Å². The van der Waals surface area contributed by atoms with Crippen LogP contribution in [0.25, 0.3) is 10.8 Å². The number of hydrogen-bond donors (Lipinski definition) is 0. The molecule has 1 heterocycles. The zero-order chi connectivity index (χ0) is 22.0. The molecule has 1 saturated heterocycles. The molecule has 1 aliphatic heterocycles. The molecule has 162 valence electrons. The number of methoxy groups -OCH3 is 5. The van der Waals surface area contributed by atoms with E-state index in [1.165, 1.54) is 14.2 Å². The first kappa shape index (κ1) is 21.9. The van der Waals surface area contributed by atoms with Crippen molar-refractivity contribution in [1.82, 2.24) is 4.90 Å². The average Bonchev–Trinajstić information content (AvgIpc) is 3.06. The Hall–Kier alpha value is -2.84. The molecule has 2 aromatic rings. The molecule has 0 spiro atoms. The molecule has 2 unspecified atom stereocenters. The summed E-state index contributed by atoms with van der Waals surface area (Å²) in [5.41, 5.74) is 0.735. The largest absolute Gasteiger partial charge is 0.496 e. The standard InChI is InChI=1S/C22H27NO7/c1-23-11-14(18(21(23)25)19(24)22(29-5)30-6)12-7-8-13-15(26-2)9-10-16(27-3)17(13)20(12)28-4/h7-10,14,18,22H,11H2,1-6H3. The van der Waals surface area contributed by atoms with Gasteiger partial charge in [-0.1, -0.05) is 6.07 Å². The van der Waals surface area contributed by atoms with E-state index in [1.807, 2.05) is 18.2 Å². The van der Waals surface area contributed by atoms with E-state index in [1.54, 1.807) is 39.3 Å². The third kappa shape index (κ3) is 3.46. The van der Waals surface area contributed by atoms with Gasteiger partial charge in [0, 0.05) is 44.7 Å². The molecule has 2 atom stereocenters. The van der Waals surface area contributed by atoms with Crippen molar-refractivity contribution >= 4 is 22.5 Å². The van der Waals surface area contributed by atoms with Gasteiger partial charge in [-0.05, 0) is 18.2 Å². The maximum absolute atomic E-state index is 13.1. The van der Waals surface area contributed by atoms with Gasteiger partial charge in [0.25, 0.3) is 0 Å². The van der Waals surface area contributed by atoms with Gasteiger partial charge < -0.3 is 28.6 Å². The van der Waals surface area contributed by atoms with E-state index in [0.29, 0.717) is 23.8 Å².